The van der Waals surface area contributed by atoms with Crippen LogP contribution in [0.1, 0.15) is 21.6 Å². The Morgan fingerprint density at radius 1 is 1.30 bits per heavy atom. The number of rotatable bonds is 1. The van der Waals surface area contributed by atoms with Crippen molar-refractivity contribution in [1.82, 2.24) is 29.9 Å². The summed E-state index contributed by atoms with van der Waals surface area (Å²) in [5.74, 6) is -0.111. The van der Waals surface area contributed by atoms with Crippen molar-refractivity contribution in [2.45, 2.75) is 13.0 Å². The molecule has 0 spiro atoms. The first-order valence-electron chi connectivity index (χ1n) is 7.26. The largest absolute Gasteiger partial charge is 0.334 e. The molecule has 0 aromatic carbocycles. The lowest BCUT2D eigenvalue weighted by Gasteiger charge is -2.28. The lowest BCUT2D eigenvalue weighted by molar-refractivity contribution is 0.0732. The fraction of sp³-hybridized carbons (Fsp3) is 0.267. The van der Waals surface area contributed by atoms with Crippen molar-refractivity contribution in [1.29, 1.82) is 0 Å². The molecule has 1 N–H and O–H groups in total. The summed E-state index contributed by atoms with van der Waals surface area (Å²) in [6.07, 6.45) is 3.80. The lowest BCUT2D eigenvalue weighted by Crippen LogP contribution is -2.38. The number of amides is 1. The van der Waals surface area contributed by atoms with Crippen LogP contribution in [0.15, 0.2) is 29.3 Å². The molecule has 3 aromatic heterocycles. The van der Waals surface area contributed by atoms with Gasteiger partial charge in [-0.3, -0.25) is 19.7 Å². The zero-order valence-corrected chi connectivity index (χ0v) is 12.5. The van der Waals surface area contributed by atoms with Gasteiger partial charge in [-0.1, -0.05) is 0 Å². The van der Waals surface area contributed by atoms with Gasteiger partial charge in [0.1, 0.15) is 5.52 Å². The highest BCUT2D eigenvalue weighted by molar-refractivity contribution is 5.96. The van der Waals surface area contributed by atoms with Gasteiger partial charge in [0, 0.05) is 44.4 Å². The molecule has 0 bridgehead atoms. The summed E-state index contributed by atoms with van der Waals surface area (Å²) < 4.78 is 1.33. The SMILES string of the molecule is Cn1nc2c(cc1=O)CN(C(=O)c1cnc3cn[nH]c3c1)CC2. The molecule has 23 heavy (non-hydrogen) atoms. The van der Waals surface area contributed by atoms with E-state index in [-0.39, 0.29) is 11.5 Å². The van der Waals surface area contributed by atoms with Crippen LogP contribution in [0.25, 0.3) is 11.0 Å². The highest BCUT2D eigenvalue weighted by Crippen LogP contribution is 2.18. The van der Waals surface area contributed by atoms with Crippen molar-refractivity contribution in [2.75, 3.05) is 6.54 Å². The number of nitrogens with one attached hydrogen (secondary N) is 1. The van der Waals surface area contributed by atoms with Gasteiger partial charge < -0.3 is 4.90 Å². The molecule has 1 amide bonds. The maximum Gasteiger partial charge on any atom is 0.266 e. The number of aromatic amines is 1. The Balaban J connectivity index is 1.64. The second-order valence-electron chi connectivity index (χ2n) is 5.58. The number of pyridine rings is 1. The third kappa shape index (κ3) is 2.28. The Kier molecular flexibility index (Phi) is 2.97. The molecule has 116 valence electrons. The van der Waals surface area contributed by atoms with Crippen LogP contribution in [0.3, 0.4) is 0 Å². The van der Waals surface area contributed by atoms with E-state index in [1.807, 2.05) is 0 Å². The summed E-state index contributed by atoms with van der Waals surface area (Å²) in [6.45, 7) is 0.955. The van der Waals surface area contributed by atoms with Gasteiger partial charge >= 0.3 is 0 Å². The molecule has 8 nitrogen and oxygen atoms in total. The number of hydrogen-bond donors (Lipinski definition) is 1. The lowest BCUT2D eigenvalue weighted by atomic mass is 10.1. The molecule has 0 radical (unpaired) electrons. The molecule has 3 aromatic rings. The van der Waals surface area contributed by atoms with Crippen LogP contribution < -0.4 is 5.56 Å². The van der Waals surface area contributed by atoms with Gasteiger partial charge in [0.05, 0.1) is 23.0 Å². The normalized spacial score (nSPS) is 14.0. The first kappa shape index (κ1) is 13.6. The predicted molar refractivity (Wildman–Crippen MR) is 81.8 cm³/mol. The number of H-pyrrole nitrogens is 1. The first-order valence-corrected chi connectivity index (χ1v) is 7.26. The molecule has 1 aliphatic heterocycles. The van der Waals surface area contributed by atoms with E-state index in [1.54, 1.807) is 36.5 Å². The molecule has 1 aliphatic rings. The van der Waals surface area contributed by atoms with Gasteiger partial charge in [0.25, 0.3) is 11.5 Å². The zero-order valence-electron chi connectivity index (χ0n) is 12.5. The van der Waals surface area contributed by atoms with Crippen LogP contribution in [0.4, 0.5) is 0 Å². The van der Waals surface area contributed by atoms with E-state index in [0.29, 0.717) is 25.1 Å². The van der Waals surface area contributed by atoms with Crippen molar-refractivity contribution in [3.63, 3.8) is 0 Å². The number of aryl methyl sites for hydroxylation is 1. The molecule has 0 saturated heterocycles. The zero-order chi connectivity index (χ0) is 16.0. The molecule has 0 atom stereocenters. The predicted octanol–water partition coefficient (Wildman–Crippen LogP) is 0.250. The summed E-state index contributed by atoms with van der Waals surface area (Å²) in [4.78, 5) is 30.3. The van der Waals surface area contributed by atoms with Gasteiger partial charge in [0.2, 0.25) is 0 Å². The minimum Gasteiger partial charge on any atom is -0.334 e. The molecule has 0 fully saturated rings. The monoisotopic (exact) mass is 310 g/mol. The number of fused-ring (bicyclic) bond motifs is 2. The minimum atomic E-state index is -0.168. The van der Waals surface area contributed by atoms with Gasteiger partial charge in [-0.15, -0.1) is 0 Å². The summed E-state index contributed by atoms with van der Waals surface area (Å²) in [5.41, 5.74) is 3.46. The van der Waals surface area contributed by atoms with E-state index < -0.39 is 0 Å². The minimum absolute atomic E-state index is 0.111. The van der Waals surface area contributed by atoms with Crippen molar-refractivity contribution in [2.24, 2.45) is 7.05 Å². The van der Waals surface area contributed by atoms with Gasteiger partial charge in [-0.05, 0) is 6.07 Å². The molecule has 8 heteroatoms. The van der Waals surface area contributed by atoms with E-state index in [1.165, 1.54) is 4.68 Å². The first-order chi connectivity index (χ1) is 11.1. The van der Waals surface area contributed by atoms with Gasteiger partial charge in [-0.25, -0.2) is 4.68 Å². The van der Waals surface area contributed by atoms with E-state index in [4.69, 9.17) is 0 Å². The molecular weight excluding hydrogens is 296 g/mol. The van der Waals surface area contributed by atoms with Crippen molar-refractivity contribution < 1.29 is 4.79 Å². The maximum absolute atomic E-state index is 12.7. The standard InChI is InChI=1S/C15H14N6O2/c1-20-14(22)5-10-8-21(3-2-11(10)19-20)15(23)9-4-12-13(16-6-9)7-17-18-12/h4-7H,2-3,8H2,1H3,(H,17,18). The van der Waals surface area contributed by atoms with E-state index in [2.05, 4.69) is 20.3 Å². The molecule has 4 heterocycles. The average Bonchev–Trinajstić information content (AvgIpc) is 3.02. The second kappa shape index (κ2) is 5.01. The topological polar surface area (TPSA) is 96.8 Å². The average molecular weight is 310 g/mol. The summed E-state index contributed by atoms with van der Waals surface area (Å²) in [6, 6.07) is 3.30. The van der Waals surface area contributed by atoms with Crippen LogP contribution in [-0.4, -0.2) is 42.3 Å². The molecule has 0 saturated carbocycles. The van der Waals surface area contributed by atoms with Gasteiger partial charge in [0.15, 0.2) is 0 Å². The quantitative estimate of drug-likeness (QED) is 0.695. The molecular formula is C15H14N6O2. The number of hydrogen-bond acceptors (Lipinski definition) is 5. The Morgan fingerprint density at radius 2 is 2.17 bits per heavy atom. The highest BCUT2D eigenvalue weighted by atomic mass is 16.2. The third-order valence-electron chi connectivity index (χ3n) is 4.06. The van der Waals surface area contributed by atoms with Crippen molar-refractivity contribution in [3.8, 4) is 0 Å². The number of aromatic nitrogens is 5. The van der Waals surface area contributed by atoms with Gasteiger partial charge in [-0.2, -0.15) is 10.2 Å². The number of carbonyl (C=O) groups excluding carboxylic acids is 1. The van der Waals surface area contributed by atoms with Crippen LogP contribution in [0, 0.1) is 0 Å². The van der Waals surface area contributed by atoms with E-state index in [9.17, 15) is 9.59 Å². The third-order valence-corrected chi connectivity index (χ3v) is 4.06. The summed E-state index contributed by atoms with van der Waals surface area (Å²) >= 11 is 0. The number of nitrogens with zero attached hydrogens (tertiary/aromatic N) is 5. The maximum atomic E-state index is 12.7. The van der Waals surface area contributed by atoms with Crippen LogP contribution in [-0.2, 0) is 20.0 Å². The molecule has 0 aliphatic carbocycles. The van der Waals surface area contributed by atoms with Crippen molar-refractivity contribution >= 4 is 16.9 Å². The van der Waals surface area contributed by atoms with Crippen molar-refractivity contribution in [3.05, 3.63) is 51.7 Å². The Bertz CT molecular complexity index is 974. The summed E-state index contributed by atoms with van der Waals surface area (Å²) in [7, 11) is 1.63. The Hall–Kier alpha value is -3.03. The van der Waals surface area contributed by atoms with Crippen LogP contribution >= 0.6 is 0 Å². The fourth-order valence-electron chi connectivity index (χ4n) is 2.80. The van der Waals surface area contributed by atoms with E-state index in [0.717, 1.165) is 22.3 Å². The van der Waals surface area contributed by atoms with E-state index >= 15 is 0 Å². The Morgan fingerprint density at radius 3 is 3.04 bits per heavy atom. The van der Waals surface area contributed by atoms with Crippen LogP contribution in [0.5, 0.6) is 0 Å². The molecule has 4 rings (SSSR count). The Labute approximate surface area is 130 Å². The highest BCUT2D eigenvalue weighted by Gasteiger charge is 2.24. The smallest absolute Gasteiger partial charge is 0.266 e. The molecule has 0 unspecified atom stereocenters. The second-order valence-corrected chi connectivity index (χ2v) is 5.58. The summed E-state index contributed by atoms with van der Waals surface area (Å²) in [5, 5.41) is 11.0. The van der Waals surface area contributed by atoms with Crippen LogP contribution in [0.2, 0.25) is 0 Å². The number of carbonyl (C=O) groups is 1. The fourth-order valence-corrected chi connectivity index (χ4v) is 2.80.